The normalized spacial score (nSPS) is 12.8. The fraction of sp³-hybridized carbons (Fsp3) is 0.947. The second kappa shape index (κ2) is 16.1. The Labute approximate surface area is 123 Å². The van der Waals surface area contributed by atoms with Gasteiger partial charge < -0.3 is 0 Å². The molecule has 0 heteroatoms. The lowest BCUT2D eigenvalue weighted by Crippen LogP contribution is -2.00. The zero-order valence-electron chi connectivity index (χ0n) is 13.9. The van der Waals surface area contributed by atoms with Gasteiger partial charge in [0.15, 0.2) is 0 Å². The van der Waals surface area contributed by atoms with Gasteiger partial charge in [-0.05, 0) is 5.92 Å². The topological polar surface area (TPSA) is 0 Å². The minimum atomic E-state index is 0.977. The predicted molar refractivity (Wildman–Crippen MR) is 89.5 cm³/mol. The van der Waals surface area contributed by atoms with Gasteiger partial charge in [-0.15, -0.1) is 0 Å². The van der Waals surface area contributed by atoms with Crippen molar-refractivity contribution in [3.63, 3.8) is 0 Å². The Kier molecular flexibility index (Phi) is 16.1. The van der Waals surface area contributed by atoms with Crippen LogP contribution >= 0.6 is 0 Å². The van der Waals surface area contributed by atoms with Crippen molar-refractivity contribution in [2.24, 2.45) is 5.92 Å². The Morgan fingerprint density at radius 2 is 1.00 bits per heavy atom. The number of rotatable bonds is 15. The first-order valence-electron chi connectivity index (χ1n) is 9.14. The van der Waals surface area contributed by atoms with Gasteiger partial charge in [-0.25, -0.2) is 0 Å². The third-order valence-electron chi connectivity index (χ3n) is 4.29. The van der Waals surface area contributed by atoms with Crippen LogP contribution in [0.5, 0.6) is 0 Å². The van der Waals surface area contributed by atoms with E-state index in [1.54, 1.807) is 0 Å². The Balaban J connectivity index is 3.45. The molecule has 0 rings (SSSR count). The van der Waals surface area contributed by atoms with Crippen LogP contribution in [0.1, 0.15) is 110 Å². The second-order valence-electron chi connectivity index (χ2n) is 6.27. The van der Waals surface area contributed by atoms with E-state index in [-0.39, 0.29) is 0 Å². The Morgan fingerprint density at radius 3 is 1.42 bits per heavy atom. The van der Waals surface area contributed by atoms with Crippen molar-refractivity contribution in [3.8, 4) is 0 Å². The van der Waals surface area contributed by atoms with Crippen molar-refractivity contribution in [1.29, 1.82) is 0 Å². The molecule has 0 aliphatic carbocycles. The fourth-order valence-corrected chi connectivity index (χ4v) is 2.97. The van der Waals surface area contributed by atoms with Gasteiger partial charge in [0.05, 0.1) is 0 Å². The Bertz CT molecular complexity index is 150. The van der Waals surface area contributed by atoms with Crippen molar-refractivity contribution >= 4 is 0 Å². The van der Waals surface area contributed by atoms with Crippen LogP contribution in [0, 0.1) is 12.8 Å². The minimum Gasteiger partial charge on any atom is -0.0654 e. The molecule has 0 N–H and O–H groups in total. The molecule has 0 aromatic heterocycles. The van der Waals surface area contributed by atoms with Gasteiger partial charge in [-0.1, -0.05) is 117 Å². The molecular formula is C19H39. The molecule has 0 aromatic rings. The molecule has 115 valence electrons. The Hall–Kier alpha value is 0. The van der Waals surface area contributed by atoms with Gasteiger partial charge in [0, 0.05) is 0 Å². The summed E-state index contributed by atoms with van der Waals surface area (Å²) in [5.74, 6) is 0.977. The van der Waals surface area contributed by atoms with Crippen molar-refractivity contribution < 1.29 is 0 Å². The lowest BCUT2D eigenvalue weighted by Gasteiger charge is -2.16. The molecule has 1 unspecified atom stereocenters. The summed E-state index contributed by atoms with van der Waals surface area (Å²) in [6, 6.07) is 0. The smallest absolute Gasteiger partial charge is 0.0414 e. The quantitative estimate of drug-likeness (QED) is 0.272. The van der Waals surface area contributed by atoms with E-state index in [4.69, 9.17) is 0 Å². The van der Waals surface area contributed by atoms with E-state index in [2.05, 4.69) is 20.8 Å². The van der Waals surface area contributed by atoms with Crippen molar-refractivity contribution in [2.75, 3.05) is 0 Å². The van der Waals surface area contributed by atoms with Gasteiger partial charge in [0.2, 0.25) is 0 Å². The highest BCUT2D eigenvalue weighted by molar-refractivity contribution is 4.62. The summed E-state index contributed by atoms with van der Waals surface area (Å²) < 4.78 is 0. The van der Waals surface area contributed by atoms with E-state index in [0.717, 1.165) is 12.3 Å². The van der Waals surface area contributed by atoms with E-state index in [9.17, 15) is 0 Å². The van der Waals surface area contributed by atoms with Crippen LogP contribution in [0.25, 0.3) is 0 Å². The van der Waals surface area contributed by atoms with E-state index >= 15 is 0 Å². The average Bonchev–Trinajstić information content (AvgIpc) is 2.42. The SMILES string of the molecule is [CH2]CCC(CCCCCCC)CCCCCCCC. The maximum absolute atomic E-state index is 4.05. The van der Waals surface area contributed by atoms with Crippen molar-refractivity contribution in [2.45, 2.75) is 110 Å². The van der Waals surface area contributed by atoms with Crippen molar-refractivity contribution in [3.05, 3.63) is 6.92 Å². The number of hydrogen-bond donors (Lipinski definition) is 0. The molecule has 0 bridgehead atoms. The summed E-state index contributed by atoms with van der Waals surface area (Å²) in [6.07, 6.45) is 21.2. The van der Waals surface area contributed by atoms with Gasteiger partial charge in [0.25, 0.3) is 0 Å². The van der Waals surface area contributed by atoms with E-state index in [1.165, 1.54) is 89.9 Å². The van der Waals surface area contributed by atoms with Crippen LogP contribution in [0.2, 0.25) is 0 Å². The zero-order chi connectivity index (χ0) is 14.2. The van der Waals surface area contributed by atoms with E-state index in [1.807, 2.05) is 0 Å². The summed E-state index contributed by atoms with van der Waals surface area (Å²) >= 11 is 0. The lowest BCUT2D eigenvalue weighted by atomic mass is 9.90. The molecular weight excluding hydrogens is 228 g/mol. The molecule has 0 amide bonds. The maximum atomic E-state index is 4.05. The third kappa shape index (κ3) is 14.2. The van der Waals surface area contributed by atoms with Crippen LogP contribution in [-0.2, 0) is 0 Å². The molecule has 0 fully saturated rings. The van der Waals surface area contributed by atoms with Gasteiger partial charge in [-0.2, -0.15) is 0 Å². The van der Waals surface area contributed by atoms with Crippen LogP contribution in [-0.4, -0.2) is 0 Å². The number of hydrogen-bond acceptors (Lipinski definition) is 0. The minimum absolute atomic E-state index is 0.977. The van der Waals surface area contributed by atoms with E-state index in [0.29, 0.717) is 0 Å². The highest BCUT2D eigenvalue weighted by Gasteiger charge is 2.07. The summed E-state index contributed by atoms with van der Waals surface area (Å²) in [5, 5.41) is 0. The summed E-state index contributed by atoms with van der Waals surface area (Å²) in [7, 11) is 0. The predicted octanol–water partition coefficient (Wildman–Crippen LogP) is 7.33. The van der Waals surface area contributed by atoms with E-state index < -0.39 is 0 Å². The molecule has 0 heterocycles. The maximum Gasteiger partial charge on any atom is -0.0414 e. The second-order valence-corrected chi connectivity index (χ2v) is 6.27. The monoisotopic (exact) mass is 267 g/mol. The van der Waals surface area contributed by atoms with Crippen LogP contribution in [0.15, 0.2) is 0 Å². The molecule has 0 spiro atoms. The van der Waals surface area contributed by atoms with Crippen LogP contribution in [0.4, 0.5) is 0 Å². The molecule has 0 aliphatic heterocycles. The molecule has 1 radical (unpaired) electrons. The molecule has 0 aliphatic rings. The largest absolute Gasteiger partial charge is 0.0654 e. The Morgan fingerprint density at radius 1 is 0.579 bits per heavy atom. The highest BCUT2D eigenvalue weighted by Crippen LogP contribution is 2.22. The zero-order valence-corrected chi connectivity index (χ0v) is 13.9. The number of unbranched alkanes of at least 4 members (excludes halogenated alkanes) is 9. The fourth-order valence-electron chi connectivity index (χ4n) is 2.97. The van der Waals surface area contributed by atoms with Gasteiger partial charge in [-0.3, -0.25) is 0 Å². The standard InChI is InChI=1S/C19H39/c1-4-7-9-11-13-15-18-19(16-6-3)17-14-12-10-8-5-2/h19H,3-18H2,1-2H3. The highest BCUT2D eigenvalue weighted by atomic mass is 14.1. The van der Waals surface area contributed by atoms with Crippen LogP contribution in [0.3, 0.4) is 0 Å². The molecule has 19 heavy (non-hydrogen) atoms. The van der Waals surface area contributed by atoms with Crippen LogP contribution < -0.4 is 0 Å². The first kappa shape index (κ1) is 19.0. The average molecular weight is 268 g/mol. The molecule has 1 atom stereocenters. The van der Waals surface area contributed by atoms with Crippen molar-refractivity contribution in [1.82, 2.24) is 0 Å². The van der Waals surface area contributed by atoms with Gasteiger partial charge in [0.1, 0.15) is 0 Å². The first-order valence-corrected chi connectivity index (χ1v) is 9.14. The lowest BCUT2D eigenvalue weighted by molar-refractivity contribution is 0.383. The first-order chi connectivity index (χ1) is 9.35. The third-order valence-corrected chi connectivity index (χ3v) is 4.29. The molecule has 0 aromatic carbocycles. The van der Waals surface area contributed by atoms with Gasteiger partial charge >= 0.3 is 0 Å². The summed E-state index contributed by atoms with van der Waals surface area (Å²) in [6.45, 7) is 8.64. The summed E-state index contributed by atoms with van der Waals surface area (Å²) in [5.41, 5.74) is 0. The molecule has 0 saturated heterocycles. The molecule has 0 nitrogen and oxygen atoms in total. The summed E-state index contributed by atoms with van der Waals surface area (Å²) in [4.78, 5) is 0. The molecule has 0 saturated carbocycles.